The number of halogens is 1. The van der Waals surface area contributed by atoms with E-state index in [1.165, 1.54) is 7.11 Å². The Bertz CT molecular complexity index is 1270. The third-order valence-electron chi connectivity index (χ3n) is 4.65. The molecule has 0 aliphatic rings. The number of anilines is 1. The Morgan fingerprint density at radius 1 is 1.13 bits per heavy atom. The van der Waals surface area contributed by atoms with Crippen LogP contribution >= 0.6 is 39.5 Å². The van der Waals surface area contributed by atoms with E-state index in [1.807, 2.05) is 43.3 Å². The van der Waals surface area contributed by atoms with Crippen LogP contribution in [0.25, 0.3) is 20.8 Å². The van der Waals surface area contributed by atoms with Crippen LogP contribution in [0.5, 0.6) is 5.75 Å². The molecule has 0 bridgehead atoms. The normalized spacial score (nSPS) is 10.7. The molecule has 1 heterocycles. The van der Waals surface area contributed by atoms with Crippen LogP contribution in [0.2, 0.25) is 0 Å². The summed E-state index contributed by atoms with van der Waals surface area (Å²) in [7, 11) is 1.52. The number of carbonyl (C=O) groups is 1. The molecular formula is C23H18BrN3O2S2. The summed E-state index contributed by atoms with van der Waals surface area (Å²) in [6, 6.07) is 19.3. The van der Waals surface area contributed by atoms with E-state index in [0.29, 0.717) is 11.3 Å². The van der Waals surface area contributed by atoms with Crippen molar-refractivity contribution in [2.24, 2.45) is 0 Å². The molecule has 0 saturated heterocycles. The summed E-state index contributed by atoms with van der Waals surface area (Å²) < 4.78 is 7.20. The number of fused-ring (bicyclic) bond motifs is 1. The number of thiocarbonyl (C=S) groups is 1. The number of rotatable bonds is 4. The van der Waals surface area contributed by atoms with Crippen molar-refractivity contribution in [3.63, 3.8) is 0 Å². The Labute approximate surface area is 197 Å². The van der Waals surface area contributed by atoms with Gasteiger partial charge in [0.15, 0.2) is 5.11 Å². The molecule has 0 spiro atoms. The van der Waals surface area contributed by atoms with Crippen molar-refractivity contribution in [1.29, 1.82) is 0 Å². The highest BCUT2D eigenvalue weighted by Crippen LogP contribution is 2.32. The maximum atomic E-state index is 12.6. The smallest absolute Gasteiger partial charge is 0.261 e. The van der Waals surface area contributed by atoms with Gasteiger partial charge in [0.2, 0.25) is 0 Å². The Morgan fingerprint density at radius 2 is 1.94 bits per heavy atom. The maximum absolute atomic E-state index is 12.6. The molecule has 156 valence electrons. The largest absolute Gasteiger partial charge is 0.496 e. The number of aromatic nitrogens is 1. The molecule has 0 unspecified atom stereocenters. The maximum Gasteiger partial charge on any atom is 0.261 e. The van der Waals surface area contributed by atoms with E-state index in [9.17, 15) is 4.79 Å². The van der Waals surface area contributed by atoms with Crippen molar-refractivity contribution in [2.75, 3.05) is 12.4 Å². The lowest BCUT2D eigenvalue weighted by Gasteiger charge is -2.14. The molecular weight excluding hydrogens is 494 g/mol. The van der Waals surface area contributed by atoms with Crippen molar-refractivity contribution in [2.45, 2.75) is 6.92 Å². The average Bonchev–Trinajstić information content (AvgIpc) is 3.19. The zero-order valence-electron chi connectivity index (χ0n) is 16.7. The number of carbonyl (C=O) groups excluding carboxylic acids is 1. The van der Waals surface area contributed by atoms with E-state index in [0.717, 1.165) is 36.5 Å². The topological polar surface area (TPSA) is 63.2 Å². The van der Waals surface area contributed by atoms with Crippen LogP contribution in [0.15, 0.2) is 65.1 Å². The van der Waals surface area contributed by atoms with E-state index < -0.39 is 0 Å². The fourth-order valence-corrected chi connectivity index (χ4v) is 4.64. The molecule has 0 aliphatic carbocycles. The van der Waals surface area contributed by atoms with Crippen LogP contribution in [-0.4, -0.2) is 23.1 Å². The van der Waals surface area contributed by atoms with Gasteiger partial charge >= 0.3 is 0 Å². The van der Waals surface area contributed by atoms with Crippen molar-refractivity contribution in [1.82, 2.24) is 10.3 Å². The van der Waals surface area contributed by atoms with Gasteiger partial charge in [-0.1, -0.05) is 28.1 Å². The number of thiazole rings is 1. The monoisotopic (exact) mass is 511 g/mol. The number of hydrogen-bond acceptors (Lipinski definition) is 5. The van der Waals surface area contributed by atoms with Gasteiger partial charge in [-0.05, 0) is 73.2 Å². The highest BCUT2D eigenvalue weighted by molar-refractivity contribution is 9.10. The third-order valence-corrected chi connectivity index (χ3v) is 6.43. The summed E-state index contributed by atoms with van der Waals surface area (Å²) in [6.45, 7) is 1.99. The van der Waals surface area contributed by atoms with E-state index in [4.69, 9.17) is 21.9 Å². The molecule has 0 saturated carbocycles. The Balaban J connectivity index is 1.48. The zero-order valence-corrected chi connectivity index (χ0v) is 20.0. The molecule has 4 rings (SSSR count). The lowest BCUT2D eigenvalue weighted by atomic mass is 10.1. The molecule has 5 nitrogen and oxygen atoms in total. The first-order valence-corrected chi connectivity index (χ1v) is 11.4. The average molecular weight is 512 g/mol. The summed E-state index contributed by atoms with van der Waals surface area (Å²) in [5, 5.41) is 6.98. The number of hydrogen-bond donors (Lipinski definition) is 2. The minimum Gasteiger partial charge on any atom is -0.496 e. The number of nitrogens with zero attached hydrogens (tertiary/aromatic N) is 1. The number of nitrogens with one attached hydrogen (secondary N) is 2. The summed E-state index contributed by atoms with van der Waals surface area (Å²) in [5.41, 5.74) is 4.24. The molecule has 0 atom stereocenters. The molecule has 0 aliphatic heterocycles. The number of para-hydroxylation sites is 1. The molecule has 1 aromatic heterocycles. The van der Waals surface area contributed by atoms with E-state index >= 15 is 0 Å². The minimum absolute atomic E-state index is 0.211. The Kier molecular flexibility index (Phi) is 6.31. The number of ether oxygens (including phenoxy) is 1. The van der Waals surface area contributed by atoms with Crippen molar-refractivity contribution >= 4 is 66.4 Å². The third kappa shape index (κ3) is 4.76. The van der Waals surface area contributed by atoms with Crippen LogP contribution in [0.1, 0.15) is 15.9 Å². The van der Waals surface area contributed by atoms with Gasteiger partial charge in [0.1, 0.15) is 10.8 Å². The molecule has 0 fully saturated rings. The van der Waals surface area contributed by atoms with E-state index in [-0.39, 0.29) is 11.0 Å². The first-order chi connectivity index (χ1) is 14.9. The molecule has 4 aromatic rings. The van der Waals surface area contributed by atoms with Gasteiger partial charge < -0.3 is 10.1 Å². The van der Waals surface area contributed by atoms with Crippen LogP contribution in [0, 0.1) is 6.92 Å². The van der Waals surface area contributed by atoms with E-state index in [2.05, 4.69) is 38.7 Å². The van der Waals surface area contributed by atoms with Crippen molar-refractivity contribution in [3.8, 4) is 16.3 Å². The number of benzene rings is 3. The summed E-state index contributed by atoms with van der Waals surface area (Å²) >= 11 is 10.4. The molecule has 1 amide bonds. The Morgan fingerprint density at radius 3 is 2.68 bits per heavy atom. The van der Waals surface area contributed by atoms with Gasteiger partial charge in [0.05, 0.1) is 22.9 Å². The summed E-state index contributed by atoms with van der Waals surface area (Å²) in [4.78, 5) is 17.4. The van der Waals surface area contributed by atoms with E-state index in [1.54, 1.807) is 23.5 Å². The summed E-state index contributed by atoms with van der Waals surface area (Å²) in [5.74, 6) is 0.124. The van der Waals surface area contributed by atoms with Crippen LogP contribution in [0.4, 0.5) is 5.69 Å². The van der Waals surface area contributed by atoms with Gasteiger partial charge in [-0.3, -0.25) is 10.1 Å². The molecule has 31 heavy (non-hydrogen) atoms. The highest BCUT2D eigenvalue weighted by atomic mass is 79.9. The van der Waals surface area contributed by atoms with Gasteiger partial charge in [0, 0.05) is 15.7 Å². The SMILES string of the molecule is COc1ccc(Br)cc1C(=O)NC(=S)Nc1ccc(-c2nc3ccccc3s2)cc1C. The minimum atomic E-state index is -0.348. The highest BCUT2D eigenvalue weighted by Gasteiger charge is 2.15. The van der Waals surface area contributed by atoms with Crippen LogP contribution in [0.3, 0.4) is 0 Å². The molecule has 2 N–H and O–H groups in total. The second-order valence-electron chi connectivity index (χ2n) is 6.77. The predicted molar refractivity (Wildman–Crippen MR) is 134 cm³/mol. The fourth-order valence-electron chi connectivity index (χ4n) is 3.11. The lowest BCUT2D eigenvalue weighted by molar-refractivity contribution is 0.0974. The first-order valence-electron chi connectivity index (χ1n) is 9.37. The predicted octanol–water partition coefficient (Wildman–Crippen LogP) is 6.17. The standard InChI is InChI=1S/C23H18BrN3O2S2/c1-13-11-14(22-25-18-5-3-4-6-20(18)31-22)7-9-17(13)26-23(30)27-21(28)16-12-15(24)8-10-19(16)29-2/h3-12H,1-2H3,(H2,26,27,28,30). The van der Waals surface area contributed by atoms with Crippen molar-refractivity contribution < 1.29 is 9.53 Å². The number of methoxy groups -OCH3 is 1. The number of amides is 1. The van der Waals surface area contributed by atoms with Crippen molar-refractivity contribution in [3.05, 3.63) is 76.3 Å². The zero-order chi connectivity index (χ0) is 22.0. The van der Waals surface area contributed by atoms with Gasteiger partial charge in [-0.25, -0.2) is 4.98 Å². The molecule has 0 radical (unpaired) electrons. The second kappa shape index (κ2) is 9.13. The number of aryl methyl sites for hydroxylation is 1. The summed E-state index contributed by atoms with van der Waals surface area (Å²) in [6.07, 6.45) is 0. The fraction of sp³-hybridized carbons (Fsp3) is 0.0870. The van der Waals surface area contributed by atoms with Gasteiger partial charge in [-0.2, -0.15) is 0 Å². The quantitative estimate of drug-likeness (QED) is 0.320. The van der Waals surface area contributed by atoms with Gasteiger partial charge in [-0.15, -0.1) is 11.3 Å². The first kappa shape index (κ1) is 21.4. The van der Waals surface area contributed by atoms with Crippen LogP contribution < -0.4 is 15.4 Å². The van der Waals surface area contributed by atoms with Crippen LogP contribution in [-0.2, 0) is 0 Å². The van der Waals surface area contributed by atoms with Gasteiger partial charge in [0.25, 0.3) is 5.91 Å². The molecule has 3 aromatic carbocycles. The molecule has 8 heteroatoms. The Hall–Kier alpha value is -2.81. The lowest BCUT2D eigenvalue weighted by Crippen LogP contribution is -2.34. The second-order valence-corrected chi connectivity index (χ2v) is 9.12.